The highest BCUT2D eigenvalue weighted by atomic mass is 32.1. The molecule has 29 heavy (non-hydrogen) atoms. The van der Waals surface area contributed by atoms with Crippen LogP contribution in [0.4, 0.5) is 13.9 Å². The van der Waals surface area contributed by atoms with Gasteiger partial charge in [0.15, 0.2) is 11.0 Å². The number of hydrogen-bond acceptors (Lipinski definition) is 8. The molecule has 0 fully saturated rings. The highest BCUT2D eigenvalue weighted by Gasteiger charge is 2.20. The number of carbonyl (C=O) groups is 1. The second-order valence-corrected chi connectivity index (χ2v) is 7.62. The maximum atomic E-state index is 13.1. The van der Waals surface area contributed by atoms with E-state index in [-0.39, 0.29) is 17.5 Å². The average molecular weight is 438 g/mol. The Morgan fingerprint density at radius 2 is 2.17 bits per heavy atom. The van der Waals surface area contributed by atoms with Crippen LogP contribution in [0.2, 0.25) is 0 Å². The van der Waals surface area contributed by atoms with Crippen LogP contribution in [0.1, 0.15) is 12.2 Å². The van der Waals surface area contributed by atoms with Crippen LogP contribution in [-0.4, -0.2) is 40.2 Å². The Morgan fingerprint density at radius 3 is 2.90 bits per heavy atom. The molecule has 1 N–H and O–H groups in total. The number of halogens is 2. The Balaban J connectivity index is 1.50. The second-order valence-electron chi connectivity index (χ2n) is 5.70. The first-order valence-corrected chi connectivity index (χ1v) is 9.79. The Morgan fingerprint density at radius 1 is 1.34 bits per heavy atom. The lowest BCUT2D eigenvalue weighted by atomic mass is 10.4. The first-order chi connectivity index (χ1) is 13.9. The van der Waals surface area contributed by atoms with Crippen LogP contribution < -0.4 is 11.0 Å². The molecule has 0 spiro atoms. The maximum absolute atomic E-state index is 13.1. The van der Waals surface area contributed by atoms with Crippen molar-refractivity contribution < 1.29 is 13.6 Å². The van der Waals surface area contributed by atoms with Gasteiger partial charge in [0.25, 0.3) is 0 Å². The van der Waals surface area contributed by atoms with Gasteiger partial charge in [0, 0.05) is 12.4 Å². The topological polar surface area (TPSA) is 113 Å². The van der Waals surface area contributed by atoms with Crippen molar-refractivity contribution in [3.05, 3.63) is 46.1 Å². The fourth-order valence-electron chi connectivity index (χ4n) is 2.50. The van der Waals surface area contributed by atoms with Gasteiger partial charge in [-0.15, -0.1) is 11.3 Å². The molecule has 0 unspecified atom stereocenters. The van der Waals surface area contributed by atoms with Crippen molar-refractivity contribution in [3.63, 3.8) is 0 Å². The van der Waals surface area contributed by atoms with Crippen molar-refractivity contribution in [1.29, 1.82) is 0 Å². The number of thiophene rings is 1. The number of aryl methyl sites for hydroxylation is 1. The molecule has 0 aliphatic carbocycles. The van der Waals surface area contributed by atoms with Gasteiger partial charge in [-0.1, -0.05) is 11.3 Å². The summed E-state index contributed by atoms with van der Waals surface area (Å²) in [6, 6.07) is 3.47. The second kappa shape index (κ2) is 7.63. The number of amides is 1. The lowest BCUT2D eigenvalue weighted by Crippen LogP contribution is -2.29. The normalized spacial score (nSPS) is 11.3. The van der Waals surface area contributed by atoms with E-state index in [4.69, 9.17) is 0 Å². The summed E-state index contributed by atoms with van der Waals surface area (Å²) in [5, 5.41) is 12.6. The number of aromatic nitrogens is 7. The lowest BCUT2D eigenvalue weighted by Gasteiger charge is -2.04. The van der Waals surface area contributed by atoms with Gasteiger partial charge in [0.05, 0.1) is 10.6 Å². The first kappa shape index (κ1) is 19.1. The summed E-state index contributed by atoms with van der Waals surface area (Å²) in [7, 11) is 0. The lowest BCUT2D eigenvalue weighted by molar-refractivity contribution is -0.117. The minimum Gasteiger partial charge on any atom is -0.300 e. The average Bonchev–Trinajstić information content (AvgIpc) is 3.43. The number of imidazole rings is 1. The molecule has 0 bridgehead atoms. The zero-order valence-corrected chi connectivity index (χ0v) is 16.3. The largest absolute Gasteiger partial charge is 0.369 e. The van der Waals surface area contributed by atoms with Crippen LogP contribution in [0.5, 0.6) is 0 Å². The first-order valence-electron chi connectivity index (χ1n) is 8.09. The molecule has 0 radical (unpaired) electrons. The van der Waals surface area contributed by atoms with Gasteiger partial charge in [0.2, 0.25) is 5.91 Å². The van der Waals surface area contributed by atoms with Crippen molar-refractivity contribution in [3.8, 4) is 15.7 Å². The number of rotatable bonds is 6. The van der Waals surface area contributed by atoms with Crippen molar-refractivity contribution >= 4 is 33.7 Å². The quantitative estimate of drug-likeness (QED) is 0.494. The minimum absolute atomic E-state index is 0.0607. The molecule has 4 aromatic rings. The molecule has 0 aliphatic heterocycles. The highest BCUT2D eigenvalue weighted by Crippen LogP contribution is 2.33. The molecule has 0 aliphatic rings. The summed E-state index contributed by atoms with van der Waals surface area (Å²) in [6.07, 6.45) is 2.43. The highest BCUT2D eigenvalue weighted by molar-refractivity contribution is 7.19. The SMILES string of the molecule is Cc1nc(NC(=O)Cn2nnn(-c3cccs3)c2=O)sc1-c1nccn1C(F)F. The summed E-state index contributed by atoms with van der Waals surface area (Å²) < 4.78 is 28.9. The van der Waals surface area contributed by atoms with E-state index < -0.39 is 18.1 Å². The molecular weight excluding hydrogens is 426 g/mol. The fourth-order valence-corrected chi connectivity index (χ4v) is 4.15. The van der Waals surface area contributed by atoms with E-state index in [1.54, 1.807) is 24.4 Å². The van der Waals surface area contributed by atoms with Gasteiger partial charge >= 0.3 is 12.2 Å². The van der Waals surface area contributed by atoms with E-state index in [2.05, 4.69) is 25.7 Å². The summed E-state index contributed by atoms with van der Waals surface area (Å²) in [6.45, 7) is -1.49. The maximum Gasteiger partial charge on any atom is 0.369 e. The third-order valence-corrected chi connectivity index (χ3v) is 5.69. The molecule has 0 saturated heterocycles. The van der Waals surface area contributed by atoms with E-state index in [9.17, 15) is 18.4 Å². The molecule has 4 heterocycles. The van der Waals surface area contributed by atoms with E-state index in [1.807, 2.05) is 0 Å². The van der Waals surface area contributed by atoms with Gasteiger partial charge in [-0.2, -0.15) is 18.1 Å². The minimum atomic E-state index is -2.75. The zero-order chi connectivity index (χ0) is 20.5. The predicted octanol–water partition coefficient (Wildman–Crippen LogP) is 2.15. The molecular formula is C15H12F2N8O2S2. The van der Waals surface area contributed by atoms with E-state index in [0.717, 1.165) is 20.7 Å². The zero-order valence-electron chi connectivity index (χ0n) is 14.7. The number of anilines is 1. The summed E-state index contributed by atoms with van der Waals surface area (Å²) in [5.41, 5.74) is -0.114. The molecule has 4 aromatic heterocycles. The van der Waals surface area contributed by atoms with Crippen LogP contribution in [0.25, 0.3) is 15.7 Å². The fraction of sp³-hybridized carbons (Fsp3) is 0.200. The van der Waals surface area contributed by atoms with Crippen molar-refractivity contribution in [2.24, 2.45) is 0 Å². The van der Waals surface area contributed by atoms with Crippen molar-refractivity contribution in [2.75, 3.05) is 5.32 Å². The number of nitrogens with zero attached hydrogens (tertiary/aromatic N) is 7. The van der Waals surface area contributed by atoms with E-state index in [0.29, 0.717) is 20.1 Å². The van der Waals surface area contributed by atoms with E-state index in [1.165, 1.54) is 23.7 Å². The van der Waals surface area contributed by atoms with Gasteiger partial charge < -0.3 is 5.32 Å². The summed E-state index contributed by atoms with van der Waals surface area (Å²) >= 11 is 2.32. The molecule has 150 valence electrons. The number of hydrogen-bond donors (Lipinski definition) is 1. The van der Waals surface area contributed by atoms with Crippen LogP contribution in [0, 0.1) is 6.92 Å². The smallest absolute Gasteiger partial charge is 0.300 e. The Hall–Kier alpha value is -3.26. The number of tetrazole rings is 1. The van der Waals surface area contributed by atoms with Gasteiger partial charge in [-0.3, -0.25) is 9.36 Å². The summed E-state index contributed by atoms with van der Waals surface area (Å²) in [5.74, 6) is -0.492. The third-order valence-electron chi connectivity index (χ3n) is 3.77. The van der Waals surface area contributed by atoms with E-state index >= 15 is 0 Å². The van der Waals surface area contributed by atoms with Crippen molar-refractivity contribution in [2.45, 2.75) is 20.0 Å². The van der Waals surface area contributed by atoms with Crippen LogP contribution in [0.3, 0.4) is 0 Å². The Bertz CT molecular complexity index is 1210. The van der Waals surface area contributed by atoms with Crippen molar-refractivity contribution in [1.82, 2.24) is 34.3 Å². The molecule has 14 heteroatoms. The third kappa shape index (κ3) is 3.71. The molecule has 1 amide bonds. The van der Waals surface area contributed by atoms with Gasteiger partial charge in [-0.05, 0) is 34.9 Å². The van der Waals surface area contributed by atoms with Crippen LogP contribution in [-0.2, 0) is 11.3 Å². The van der Waals surface area contributed by atoms with Crippen LogP contribution in [0.15, 0.2) is 34.7 Å². The molecule has 0 aromatic carbocycles. The number of nitrogens with one attached hydrogen (secondary N) is 1. The monoisotopic (exact) mass is 438 g/mol. The Kier molecular flexibility index (Phi) is 5.02. The van der Waals surface area contributed by atoms with Gasteiger partial charge in [-0.25, -0.2) is 14.8 Å². The van der Waals surface area contributed by atoms with Gasteiger partial charge in [0.1, 0.15) is 11.5 Å². The number of thiazole rings is 1. The number of carbonyl (C=O) groups excluding carboxylic acids is 1. The van der Waals surface area contributed by atoms with Crippen LogP contribution >= 0.6 is 22.7 Å². The standard InChI is InChI=1S/C15H12F2N8O2S2/c1-8-11(12-18-4-5-23(12)13(16)17)29-14(19-8)20-9(26)7-24-15(27)25(22-21-24)10-3-2-6-28-10/h2-6,13H,7H2,1H3,(H,19,20,26). The molecule has 0 saturated carbocycles. The molecule has 4 rings (SSSR count). The Labute approximate surface area is 169 Å². The molecule has 0 atom stereocenters. The predicted molar refractivity (Wildman–Crippen MR) is 101 cm³/mol. The summed E-state index contributed by atoms with van der Waals surface area (Å²) in [4.78, 5) is 33.1. The molecule has 10 nitrogen and oxygen atoms in total. The number of alkyl halides is 2.